The van der Waals surface area contributed by atoms with E-state index in [1.807, 2.05) is 36.4 Å². The molecule has 3 rings (SSSR count). The van der Waals surface area contributed by atoms with Crippen LogP contribution in [0.25, 0.3) is 5.57 Å². The zero-order chi connectivity index (χ0) is 18.0. The van der Waals surface area contributed by atoms with Crippen molar-refractivity contribution in [3.8, 4) is 5.75 Å². The molecule has 0 fully saturated rings. The number of fused-ring (bicyclic) bond motifs is 1. The van der Waals surface area contributed by atoms with E-state index < -0.39 is 5.91 Å². The van der Waals surface area contributed by atoms with Crippen LogP contribution in [0.2, 0.25) is 0 Å². The summed E-state index contributed by atoms with van der Waals surface area (Å²) in [4.78, 5) is 15.8. The summed E-state index contributed by atoms with van der Waals surface area (Å²) in [5.41, 5.74) is 16.8. The van der Waals surface area contributed by atoms with E-state index in [0.29, 0.717) is 5.56 Å². The maximum atomic E-state index is 12.2. The normalized spacial score (nSPS) is 13.2. The molecule has 5 nitrogen and oxygen atoms in total. The Morgan fingerprint density at radius 2 is 1.84 bits per heavy atom. The van der Waals surface area contributed by atoms with Gasteiger partial charge in [0.25, 0.3) is 5.91 Å². The van der Waals surface area contributed by atoms with Crippen LogP contribution in [0.15, 0.2) is 53.0 Å². The first kappa shape index (κ1) is 16.8. The van der Waals surface area contributed by atoms with Crippen molar-refractivity contribution in [1.29, 1.82) is 0 Å². The highest BCUT2D eigenvalue weighted by atomic mass is 16.5. The Morgan fingerprint density at radius 1 is 1.08 bits per heavy atom. The van der Waals surface area contributed by atoms with Crippen molar-refractivity contribution in [1.82, 2.24) is 0 Å². The SMILES string of the molecule is COc1ccccc1C1=C(C)CCc2ccc(C(=O)N=C(N)N)cc21. The predicted molar refractivity (Wildman–Crippen MR) is 99.6 cm³/mol. The zero-order valence-electron chi connectivity index (χ0n) is 14.4. The molecule has 0 bridgehead atoms. The fourth-order valence-corrected chi connectivity index (χ4v) is 3.25. The molecule has 1 amide bonds. The van der Waals surface area contributed by atoms with Gasteiger partial charge in [-0.15, -0.1) is 0 Å². The van der Waals surface area contributed by atoms with Gasteiger partial charge in [-0.05, 0) is 54.7 Å². The van der Waals surface area contributed by atoms with Crippen molar-refractivity contribution in [3.63, 3.8) is 0 Å². The molecule has 0 atom stereocenters. The molecular formula is C20H21N3O2. The number of aryl methyl sites for hydroxylation is 1. The largest absolute Gasteiger partial charge is 0.496 e. The highest BCUT2D eigenvalue weighted by Crippen LogP contribution is 2.39. The molecule has 0 radical (unpaired) electrons. The number of hydrogen-bond acceptors (Lipinski definition) is 2. The Labute approximate surface area is 147 Å². The number of amides is 1. The van der Waals surface area contributed by atoms with Crippen molar-refractivity contribution in [2.45, 2.75) is 19.8 Å². The number of methoxy groups -OCH3 is 1. The number of rotatable bonds is 3. The van der Waals surface area contributed by atoms with Gasteiger partial charge in [0.1, 0.15) is 5.75 Å². The van der Waals surface area contributed by atoms with E-state index in [2.05, 4.69) is 11.9 Å². The molecule has 25 heavy (non-hydrogen) atoms. The number of ether oxygens (including phenoxy) is 1. The predicted octanol–water partition coefficient (Wildman–Crippen LogP) is 2.88. The second kappa shape index (κ2) is 6.81. The molecule has 1 aliphatic carbocycles. The molecular weight excluding hydrogens is 314 g/mol. The summed E-state index contributed by atoms with van der Waals surface area (Å²) >= 11 is 0. The van der Waals surface area contributed by atoms with Crippen LogP contribution < -0.4 is 16.2 Å². The van der Waals surface area contributed by atoms with Crippen LogP contribution in [-0.4, -0.2) is 19.0 Å². The van der Waals surface area contributed by atoms with Gasteiger partial charge in [0.15, 0.2) is 5.96 Å². The van der Waals surface area contributed by atoms with Crippen molar-refractivity contribution in [3.05, 3.63) is 70.3 Å². The molecule has 0 saturated carbocycles. The number of benzene rings is 2. The van der Waals surface area contributed by atoms with E-state index >= 15 is 0 Å². The van der Waals surface area contributed by atoms with Crippen molar-refractivity contribution in [2.75, 3.05) is 7.11 Å². The third kappa shape index (κ3) is 3.26. The van der Waals surface area contributed by atoms with E-state index in [4.69, 9.17) is 16.2 Å². The molecule has 128 valence electrons. The third-order valence-corrected chi connectivity index (χ3v) is 4.43. The van der Waals surface area contributed by atoms with Crippen LogP contribution in [-0.2, 0) is 6.42 Å². The van der Waals surface area contributed by atoms with Gasteiger partial charge >= 0.3 is 0 Å². The van der Waals surface area contributed by atoms with E-state index in [9.17, 15) is 4.79 Å². The highest BCUT2D eigenvalue weighted by molar-refractivity contribution is 6.03. The maximum absolute atomic E-state index is 12.2. The number of nitrogens with zero attached hydrogens (tertiary/aromatic N) is 1. The van der Waals surface area contributed by atoms with Gasteiger partial charge in [0.2, 0.25) is 0 Å². The van der Waals surface area contributed by atoms with Crippen LogP contribution in [0.5, 0.6) is 5.75 Å². The molecule has 2 aromatic rings. The van der Waals surface area contributed by atoms with E-state index in [1.54, 1.807) is 13.2 Å². The van der Waals surface area contributed by atoms with Gasteiger partial charge in [-0.2, -0.15) is 4.99 Å². The van der Waals surface area contributed by atoms with Crippen LogP contribution in [0, 0.1) is 0 Å². The van der Waals surface area contributed by atoms with Gasteiger partial charge in [-0.1, -0.05) is 29.8 Å². The fourth-order valence-electron chi connectivity index (χ4n) is 3.25. The summed E-state index contributed by atoms with van der Waals surface area (Å²) in [5, 5.41) is 0. The molecule has 2 aromatic carbocycles. The number of carbonyl (C=O) groups excluding carboxylic acids is 1. The second-order valence-electron chi connectivity index (χ2n) is 6.07. The highest BCUT2D eigenvalue weighted by Gasteiger charge is 2.22. The molecule has 0 aliphatic heterocycles. The van der Waals surface area contributed by atoms with Gasteiger partial charge < -0.3 is 16.2 Å². The average Bonchev–Trinajstić information content (AvgIpc) is 2.60. The average molecular weight is 335 g/mol. The summed E-state index contributed by atoms with van der Waals surface area (Å²) < 4.78 is 5.54. The number of aliphatic imine (C=N–C) groups is 1. The van der Waals surface area contributed by atoms with E-state index in [1.165, 1.54) is 11.1 Å². The Bertz CT molecular complexity index is 894. The molecule has 4 N–H and O–H groups in total. The minimum Gasteiger partial charge on any atom is -0.496 e. The van der Waals surface area contributed by atoms with E-state index in [0.717, 1.165) is 35.3 Å². The lowest BCUT2D eigenvalue weighted by molar-refractivity contribution is 0.100. The van der Waals surface area contributed by atoms with Gasteiger partial charge in [0.05, 0.1) is 7.11 Å². The van der Waals surface area contributed by atoms with E-state index in [-0.39, 0.29) is 5.96 Å². The second-order valence-corrected chi connectivity index (χ2v) is 6.07. The van der Waals surface area contributed by atoms with Crippen LogP contribution in [0.3, 0.4) is 0 Å². The Kier molecular flexibility index (Phi) is 4.57. The minimum atomic E-state index is -0.439. The lowest BCUT2D eigenvalue weighted by Crippen LogP contribution is -2.24. The first-order chi connectivity index (χ1) is 12.0. The topological polar surface area (TPSA) is 90.7 Å². The third-order valence-electron chi connectivity index (χ3n) is 4.43. The quantitative estimate of drug-likeness (QED) is 0.666. The van der Waals surface area contributed by atoms with Gasteiger partial charge in [-0.3, -0.25) is 4.79 Å². The maximum Gasteiger partial charge on any atom is 0.280 e. The summed E-state index contributed by atoms with van der Waals surface area (Å²) in [5.74, 6) is 0.135. The molecule has 0 heterocycles. The lowest BCUT2D eigenvalue weighted by atomic mass is 9.81. The van der Waals surface area contributed by atoms with Crippen LogP contribution >= 0.6 is 0 Å². The number of nitrogens with two attached hydrogens (primary N) is 2. The smallest absolute Gasteiger partial charge is 0.280 e. The number of para-hydroxylation sites is 1. The Morgan fingerprint density at radius 3 is 2.56 bits per heavy atom. The van der Waals surface area contributed by atoms with Crippen LogP contribution in [0.4, 0.5) is 0 Å². The number of allylic oxidation sites excluding steroid dienone is 1. The first-order valence-electron chi connectivity index (χ1n) is 8.11. The fraction of sp³-hybridized carbons (Fsp3) is 0.200. The summed E-state index contributed by atoms with van der Waals surface area (Å²) in [7, 11) is 1.66. The van der Waals surface area contributed by atoms with Gasteiger partial charge in [-0.25, -0.2) is 0 Å². The summed E-state index contributed by atoms with van der Waals surface area (Å²) in [6, 6.07) is 13.5. The molecule has 0 aromatic heterocycles. The summed E-state index contributed by atoms with van der Waals surface area (Å²) in [6.07, 6.45) is 1.91. The minimum absolute atomic E-state index is 0.237. The van der Waals surface area contributed by atoms with Crippen LogP contribution in [0.1, 0.15) is 40.4 Å². The molecule has 1 aliphatic rings. The summed E-state index contributed by atoms with van der Waals surface area (Å²) in [6.45, 7) is 2.12. The number of guanidine groups is 1. The monoisotopic (exact) mass is 335 g/mol. The van der Waals surface area contributed by atoms with Gasteiger partial charge in [0, 0.05) is 11.1 Å². The lowest BCUT2D eigenvalue weighted by Gasteiger charge is -2.24. The Balaban J connectivity index is 2.17. The molecule has 5 heteroatoms. The molecule has 0 unspecified atom stereocenters. The molecule has 0 spiro atoms. The molecule has 0 saturated heterocycles. The van der Waals surface area contributed by atoms with Crippen molar-refractivity contribution >= 4 is 17.4 Å². The number of carbonyl (C=O) groups is 1. The number of hydrogen-bond donors (Lipinski definition) is 2. The van der Waals surface area contributed by atoms with Crippen molar-refractivity contribution in [2.24, 2.45) is 16.5 Å². The standard InChI is InChI=1S/C20H21N3O2/c1-12-7-8-13-9-10-14(19(24)23-20(21)22)11-16(13)18(12)15-5-3-4-6-17(15)25-2/h3-6,9-11H,7-8H2,1-2H3,(H4,21,22,23,24). The van der Waals surface area contributed by atoms with Crippen molar-refractivity contribution < 1.29 is 9.53 Å². The first-order valence-corrected chi connectivity index (χ1v) is 8.11. The Hall–Kier alpha value is -3.08. The zero-order valence-corrected chi connectivity index (χ0v) is 14.4.